The zero-order valence-corrected chi connectivity index (χ0v) is 47.0. The topological polar surface area (TPSA) is 484 Å². The molecule has 0 saturated heterocycles. The van der Waals surface area contributed by atoms with E-state index in [-0.39, 0.29) is 77.6 Å². The molecule has 83 heavy (non-hydrogen) atoms. The average Bonchev–Trinajstić information content (AvgIpc) is 3.62. The summed E-state index contributed by atoms with van der Waals surface area (Å²) in [6, 6.07) is -3.24. The molecule has 0 spiro atoms. The fourth-order valence-corrected chi connectivity index (χ4v) is 8.10. The first-order valence-electron chi connectivity index (χ1n) is 26.9. The Hall–Kier alpha value is -6.48. The smallest absolute Gasteiger partial charge is 0.370 e. The van der Waals surface area contributed by atoms with E-state index < -0.39 is 134 Å². The lowest BCUT2D eigenvalue weighted by molar-refractivity contribution is -0.160. The summed E-state index contributed by atoms with van der Waals surface area (Å²) < 4.78 is 55.7. The second kappa shape index (κ2) is 42.3. The predicted molar refractivity (Wildman–Crippen MR) is 292 cm³/mol. The summed E-state index contributed by atoms with van der Waals surface area (Å²) in [5.74, 6) is -5.03. The Balaban J connectivity index is 1.85. The van der Waals surface area contributed by atoms with E-state index in [1.54, 1.807) is 11.8 Å². The summed E-state index contributed by atoms with van der Waals surface area (Å²) in [6.45, 7) is 4.37. The van der Waals surface area contributed by atoms with Crippen LogP contribution in [0.3, 0.4) is 0 Å². The molecule has 2 rings (SSSR count). The monoisotopic (exact) mass is 1190 g/mol. The van der Waals surface area contributed by atoms with Crippen LogP contribution in [0.5, 0.6) is 0 Å². The number of nitrogens with zero attached hydrogens (tertiary/aromatic N) is 3. The molecule has 32 heteroatoms. The number of rotatable bonds is 46. The Morgan fingerprint density at radius 3 is 1.53 bits per heavy atom. The van der Waals surface area contributed by atoms with E-state index in [2.05, 4.69) is 31.9 Å². The first-order valence-corrected chi connectivity index (χ1v) is 26.9. The molecule has 0 fully saturated rings. The number of aliphatic hydroxyl groups is 4. The van der Waals surface area contributed by atoms with Gasteiger partial charge in [-0.1, -0.05) is 12.8 Å². The number of terminal acetylenes is 1. The fraction of sp³-hybridized carbons (Fsp3) is 0.725. The van der Waals surface area contributed by atoms with Gasteiger partial charge in [0.25, 0.3) is 0 Å². The number of nitrogens with two attached hydrogens (primary N) is 4. The maximum absolute atomic E-state index is 13.4. The van der Waals surface area contributed by atoms with Crippen molar-refractivity contribution in [2.24, 2.45) is 38.8 Å². The Kier molecular flexibility index (Phi) is 37.0. The number of nitrogens with one attached hydrogen (secondary N) is 3. The molecule has 0 saturated carbocycles. The number of carbonyl (C=O) groups is 6. The normalized spacial score (nSPS) is 19.8. The van der Waals surface area contributed by atoms with E-state index in [4.69, 9.17) is 76.7 Å². The lowest BCUT2D eigenvalue weighted by Gasteiger charge is -2.40. The molecule has 0 radical (unpaired) electrons. The number of guanidine groups is 2. The van der Waals surface area contributed by atoms with Crippen molar-refractivity contribution in [3.05, 3.63) is 23.7 Å². The molecule has 0 unspecified atom stereocenters. The highest BCUT2D eigenvalue weighted by Crippen LogP contribution is 2.31. The third kappa shape index (κ3) is 30.1. The summed E-state index contributed by atoms with van der Waals surface area (Å²) in [6.07, 6.45) is 0.422. The quantitative estimate of drug-likeness (QED) is 0.0117. The number of aliphatic imine (C=N–C) groups is 2. The predicted octanol–water partition coefficient (Wildman–Crippen LogP) is -5.63. The molecule has 2 aliphatic heterocycles. The van der Waals surface area contributed by atoms with Crippen LogP contribution in [0.15, 0.2) is 33.7 Å². The van der Waals surface area contributed by atoms with Crippen LogP contribution in [0.2, 0.25) is 0 Å². The van der Waals surface area contributed by atoms with E-state index in [0.717, 1.165) is 6.08 Å². The average molecular weight is 1190 g/mol. The van der Waals surface area contributed by atoms with Gasteiger partial charge in [-0.2, -0.15) is 0 Å². The molecule has 10 atom stereocenters. The molecule has 0 aliphatic carbocycles. The molecule has 2 heterocycles. The Morgan fingerprint density at radius 2 is 1.07 bits per heavy atom. The van der Waals surface area contributed by atoms with Crippen LogP contribution in [0.4, 0.5) is 0 Å². The van der Waals surface area contributed by atoms with Gasteiger partial charge in [-0.25, -0.2) is 19.6 Å². The van der Waals surface area contributed by atoms with Crippen LogP contribution >= 0.6 is 0 Å². The van der Waals surface area contributed by atoms with Crippen LogP contribution in [-0.2, 0) is 76.1 Å². The van der Waals surface area contributed by atoms with Gasteiger partial charge in [0.1, 0.15) is 50.3 Å². The standard InChI is InChI=1S/C51H86N10O22/c1-4-14-74-20-22-78-24-25-79-23-21-77-19-9-42(69)61(12-7-17-75-15-5-10-56-40(67)30-80-45(36(65)28-62)44-32(2)34(59-50(52)53)26-38(82-44)48(70)71)13-8-18-76-16-6-11-57-41(68)31-81-46(37(66)29-63)47-43(58-33(3)64)35(60-51(54)55)27-39(83-47)49(72)73/h1,26-27,32,34-37,43-47,62-63,65-66H,5-25,28-31H2,2-3H3,(H,56,67)(H,57,68)(H,58,64)(H,70,71)(H,72,73)(H4,52,53,59)(H4,54,55,60)/t32-,34+,35+,36-,37-,43-,44-,45-,46-,47-/m1/s1. The first-order chi connectivity index (χ1) is 39.7. The number of carbonyl (C=O) groups excluding carboxylic acids is 4. The summed E-state index contributed by atoms with van der Waals surface area (Å²) >= 11 is 0. The van der Waals surface area contributed by atoms with Gasteiger partial charge in [-0.15, -0.1) is 6.42 Å². The number of carboxylic acids is 2. The molecule has 0 aromatic heterocycles. The number of hydrogen-bond acceptors (Lipinski definition) is 22. The number of carboxylic acid groups (broad SMARTS) is 2. The van der Waals surface area contributed by atoms with Gasteiger partial charge in [0.05, 0.1) is 84.0 Å². The van der Waals surface area contributed by atoms with Crippen molar-refractivity contribution < 1.29 is 107 Å². The minimum Gasteiger partial charge on any atom is -0.480 e. The van der Waals surface area contributed by atoms with Gasteiger partial charge in [-0.05, 0) is 37.8 Å². The molecule has 2 aliphatic rings. The van der Waals surface area contributed by atoms with E-state index in [0.29, 0.717) is 71.8 Å². The van der Waals surface area contributed by atoms with E-state index in [1.807, 2.05) is 0 Å². The molecular weight excluding hydrogens is 1100 g/mol. The van der Waals surface area contributed by atoms with Gasteiger partial charge in [0.2, 0.25) is 35.1 Å². The van der Waals surface area contributed by atoms with E-state index in [1.165, 1.54) is 13.0 Å². The molecule has 32 nitrogen and oxygen atoms in total. The largest absolute Gasteiger partial charge is 0.480 e. The van der Waals surface area contributed by atoms with E-state index in [9.17, 15) is 59.4 Å². The molecule has 4 amide bonds. The zero-order chi connectivity index (χ0) is 61.5. The SMILES string of the molecule is C#CCOCCOCCOCCOCCC(=O)N(CCCOCCCNC(=O)CO[C@@H]([C@@H]1OC(C(=O)O)=C[C@H](N=C(N)N)[C@H]1C)[C@H](O)CO)CCCOCCCNC(=O)CO[C@@H]([C@@H]1OC(C(=O)O)=C[C@H](N=C(N)N)[C@H]1NC(C)=O)[C@H](O)CO. The van der Waals surface area contributed by atoms with Crippen molar-refractivity contribution in [3.63, 3.8) is 0 Å². The molecule has 472 valence electrons. The molecular formula is C51H86N10O22. The molecule has 0 bridgehead atoms. The highest BCUT2D eigenvalue weighted by molar-refractivity contribution is 5.86. The lowest BCUT2D eigenvalue weighted by Crippen LogP contribution is -2.60. The van der Waals surface area contributed by atoms with Gasteiger partial charge in [0.15, 0.2) is 18.0 Å². The maximum Gasteiger partial charge on any atom is 0.370 e. The molecule has 17 N–H and O–H groups in total. The minimum absolute atomic E-state index is 0.1000. The van der Waals surface area contributed by atoms with Crippen molar-refractivity contribution in [1.29, 1.82) is 0 Å². The van der Waals surface area contributed by atoms with Gasteiger partial charge < -0.3 is 122 Å². The lowest BCUT2D eigenvalue weighted by atomic mass is 9.87. The van der Waals surface area contributed by atoms with Crippen molar-refractivity contribution in [1.82, 2.24) is 20.9 Å². The highest BCUT2D eigenvalue weighted by atomic mass is 16.6. The second-order valence-corrected chi connectivity index (χ2v) is 18.6. The second-order valence-electron chi connectivity index (χ2n) is 18.6. The third-order valence-corrected chi connectivity index (χ3v) is 12.1. The summed E-state index contributed by atoms with van der Waals surface area (Å²) in [7, 11) is 0. The number of ether oxygens (including phenoxy) is 10. The highest BCUT2D eigenvalue weighted by Gasteiger charge is 2.46. The minimum atomic E-state index is -1.70. The van der Waals surface area contributed by atoms with Crippen LogP contribution < -0.4 is 38.9 Å². The van der Waals surface area contributed by atoms with Gasteiger partial charge in [0, 0.05) is 65.4 Å². The van der Waals surface area contributed by atoms with Gasteiger partial charge >= 0.3 is 11.9 Å². The van der Waals surface area contributed by atoms with Crippen LogP contribution in [0, 0.1) is 18.3 Å². The summed E-state index contributed by atoms with van der Waals surface area (Å²) in [5, 5.41) is 67.9. The zero-order valence-electron chi connectivity index (χ0n) is 47.0. The van der Waals surface area contributed by atoms with Crippen LogP contribution in [0.25, 0.3) is 0 Å². The maximum atomic E-state index is 13.4. The Morgan fingerprint density at radius 1 is 0.651 bits per heavy atom. The van der Waals surface area contributed by atoms with Crippen LogP contribution in [0.1, 0.15) is 46.0 Å². The Bertz CT molecular complexity index is 2130. The van der Waals surface area contributed by atoms with E-state index >= 15 is 0 Å². The molecule has 0 aromatic carbocycles. The van der Waals surface area contributed by atoms with Crippen molar-refractivity contribution in [3.8, 4) is 12.3 Å². The van der Waals surface area contributed by atoms with Crippen molar-refractivity contribution in [2.45, 2.75) is 101 Å². The third-order valence-electron chi connectivity index (χ3n) is 12.1. The fourth-order valence-electron chi connectivity index (χ4n) is 8.10. The summed E-state index contributed by atoms with van der Waals surface area (Å²) in [5.41, 5.74) is 22.1. The number of amides is 4. The first kappa shape index (κ1) is 72.6. The Labute approximate surface area is 481 Å². The van der Waals surface area contributed by atoms with Crippen molar-refractivity contribution in [2.75, 3.05) is 132 Å². The number of aliphatic carboxylic acids is 2. The summed E-state index contributed by atoms with van der Waals surface area (Å²) in [4.78, 5) is 84.3. The van der Waals surface area contributed by atoms with Gasteiger partial charge in [-0.3, -0.25) is 19.2 Å². The molecule has 0 aromatic rings. The van der Waals surface area contributed by atoms with Crippen molar-refractivity contribution >= 4 is 47.5 Å². The number of hydrogen-bond donors (Lipinski definition) is 13. The van der Waals surface area contributed by atoms with Crippen LogP contribution in [-0.4, -0.2) is 270 Å². The number of aliphatic hydroxyl groups excluding tert-OH is 4.